The number of rotatable bonds is 7. The lowest BCUT2D eigenvalue weighted by atomic mass is 9.85. The summed E-state index contributed by atoms with van der Waals surface area (Å²) in [4.78, 5) is 18.6. The average molecular weight is 505 g/mol. The minimum Gasteiger partial charge on any atom is -0.355 e. The van der Waals surface area contributed by atoms with Crippen LogP contribution in [0.3, 0.4) is 0 Å². The van der Waals surface area contributed by atoms with Gasteiger partial charge in [-0.1, -0.05) is 39.0 Å². The van der Waals surface area contributed by atoms with E-state index in [0.29, 0.717) is 18.6 Å². The number of amides is 1. The predicted molar refractivity (Wildman–Crippen MR) is 126 cm³/mol. The zero-order valence-corrected chi connectivity index (χ0v) is 20.0. The van der Waals surface area contributed by atoms with Crippen LogP contribution in [0.1, 0.15) is 64.7 Å². The number of halogens is 1. The van der Waals surface area contributed by atoms with Crippen molar-refractivity contribution in [1.82, 2.24) is 20.9 Å². The first-order valence-electron chi connectivity index (χ1n) is 11.2. The normalized spacial score (nSPS) is 27.0. The number of guanidine groups is 1. The summed E-state index contributed by atoms with van der Waals surface area (Å²) < 4.78 is 0. The minimum absolute atomic E-state index is 0. The van der Waals surface area contributed by atoms with Gasteiger partial charge in [-0.3, -0.25) is 14.7 Å². The third-order valence-electron chi connectivity index (χ3n) is 6.51. The molecule has 2 unspecified atom stereocenters. The molecule has 3 aliphatic rings. The van der Waals surface area contributed by atoms with Crippen molar-refractivity contribution in [2.45, 2.75) is 76.8 Å². The molecule has 2 atom stereocenters. The summed E-state index contributed by atoms with van der Waals surface area (Å²) in [5.41, 5.74) is 0. The molecule has 1 heterocycles. The van der Waals surface area contributed by atoms with Crippen LogP contribution in [0.25, 0.3) is 0 Å². The average Bonchev–Trinajstić information content (AvgIpc) is 3.47. The highest BCUT2D eigenvalue weighted by atomic mass is 127. The van der Waals surface area contributed by atoms with Crippen molar-refractivity contribution < 1.29 is 4.79 Å². The van der Waals surface area contributed by atoms with Gasteiger partial charge in [0.15, 0.2) is 5.96 Å². The van der Waals surface area contributed by atoms with E-state index < -0.39 is 0 Å². The maximum Gasteiger partial charge on any atom is 0.234 e. The summed E-state index contributed by atoms with van der Waals surface area (Å²) in [7, 11) is 1.88. The summed E-state index contributed by atoms with van der Waals surface area (Å²) in [6.45, 7) is 5.34. The van der Waals surface area contributed by atoms with E-state index in [-0.39, 0.29) is 29.9 Å². The van der Waals surface area contributed by atoms with Crippen molar-refractivity contribution in [2.75, 3.05) is 33.2 Å². The summed E-state index contributed by atoms with van der Waals surface area (Å²) >= 11 is 0. The van der Waals surface area contributed by atoms with Gasteiger partial charge in [-0.15, -0.1) is 24.0 Å². The molecule has 0 aromatic carbocycles. The topological polar surface area (TPSA) is 68.8 Å². The first kappa shape index (κ1) is 23.7. The third-order valence-corrected chi connectivity index (χ3v) is 6.51. The fraction of sp³-hybridized carbons (Fsp3) is 0.905. The van der Waals surface area contributed by atoms with Gasteiger partial charge in [-0.25, -0.2) is 0 Å². The van der Waals surface area contributed by atoms with E-state index in [1.807, 2.05) is 7.05 Å². The number of likely N-dealkylation sites (tertiary alicyclic amines) is 1. The second-order valence-electron chi connectivity index (χ2n) is 8.67. The summed E-state index contributed by atoms with van der Waals surface area (Å²) in [5, 5.41) is 10.2. The van der Waals surface area contributed by atoms with Crippen LogP contribution in [-0.2, 0) is 4.79 Å². The molecule has 1 amide bonds. The lowest BCUT2D eigenvalue weighted by Gasteiger charge is -2.32. The number of carbonyl (C=O) groups excluding carboxylic acids is 1. The van der Waals surface area contributed by atoms with Crippen molar-refractivity contribution >= 4 is 35.8 Å². The number of hydrogen-bond acceptors (Lipinski definition) is 3. The minimum atomic E-state index is 0. The van der Waals surface area contributed by atoms with E-state index in [2.05, 4.69) is 32.8 Å². The Bertz CT molecular complexity index is 501. The predicted octanol–water partition coefficient (Wildman–Crippen LogP) is 2.73. The number of aliphatic imine (C=N–C) groups is 1. The third kappa shape index (κ3) is 7.35. The van der Waals surface area contributed by atoms with E-state index in [1.165, 1.54) is 38.5 Å². The number of nitrogens with one attached hydrogen (secondary N) is 3. The molecule has 1 aliphatic heterocycles. The molecule has 3 fully saturated rings. The number of nitrogens with zero attached hydrogens (tertiary/aromatic N) is 2. The largest absolute Gasteiger partial charge is 0.355 e. The Morgan fingerprint density at radius 2 is 1.79 bits per heavy atom. The van der Waals surface area contributed by atoms with E-state index in [1.54, 1.807) is 0 Å². The zero-order valence-electron chi connectivity index (χ0n) is 17.7. The lowest BCUT2D eigenvalue weighted by Crippen LogP contribution is -2.50. The molecule has 7 heteroatoms. The Labute approximate surface area is 188 Å². The highest BCUT2D eigenvalue weighted by Gasteiger charge is 2.43. The van der Waals surface area contributed by atoms with Crippen molar-refractivity contribution in [2.24, 2.45) is 16.8 Å². The number of hydrogen-bond donors (Lipinski definition) is 3. The Morgan fingerprint density at radius 1 is 1.07 bits per heavy atom. The fourth-order valence-electron chi connectivity index (χ4n) is 4.76. The molecule has 0 spiro atoms. The highest BCUT2D eigenvalue weighted by molar-refractivity contribution is 14.0. The van der Waals surface area contributed by atoms with Crippen molar-refractivity contribution in [3.05, 3.63) is 0 Å². The summed E-state index contributed by atoms with van der Waals surface area (Å²) in [6.07, 6.45) is 11.6. The molecule has 0 aromatic heterocycles. The van der Waals surface area contributed by atoms with Crippen LogP contribution in [0.15, 0.2) is 4.99 Å². The monoisotopic (exact) mass is 505 g/mol. The van der Waals surface area contributed by atoms with Gasteiger partial charge in [0.25, 0.3) is 0 Å². The van der Waals surface area contributed by atoms with Crippen LogP contribution in [0, 0.1) is 11.8 Å². The quantitative estimate of drug-likeness (QED) is 0.283. The van der Waals surface area contributed by atoms with Crippen LogP contribution in [-0.4, -0.2) is 62.1 Å². The van der Waals surface area contributed by atoms with Crippen molar-refractivity contribution in [3.63, 3.8) is 0 Å². The molecule has 6 nitrogen and oxygen atoms in total. The lowest BCUT2D eigenvalue weighted by molar-refractivity contribution is -0.122. The molecule has 0 aromatic rings. The molecular weight excluding hydrogens is 465 g/mol. The Morgan fingerprint density at radius 3 is 2.43 bits per heavy atom. The first-order valence-corrected chi connectivity index (χ1v) is 11.2. The maximum absolute atomic E-state index is 11.9. The van der Waals surface area contributed by atoms with E-state index in [9.17, 15) is 4.79 Å². The molecule has 28 heavy (non-hydrogen) atoms. The molecule has 3 rings (SSSR count). The number of carbonyl (C=O) groups is 1. The molecule has 3 N–H and O–H groups in total. The van der Waals surface area contributed by atoms with Crippen molar-refractivity contribution in [1.29, 1.82) is 0 Å². The highest BCUT2D eigenvalue weighted by Crippen LogP contribution is 2.44. The van der Waals surface area contributed by atoms with Gasteiger partial charge in [-0.2, -0.15) is 0 Å². The van der Waals surface area contributed by atoms with Gasteiger partial charge in [-0.05, 0) is 37.5 Å². The molecule has 0 bridgehead atoms. The van der Waals surface area contributed by atoms with Crippen LogP contribution in [0.4, 0.5) is 0 Å². The second-order valence-corrected chi connectivity index (χ2v) is 8.67. The van der Waals surface area contributed by atoms with E-state index >= 15 is 0 Å². The second kappa shape index (κ2) is 12.2. The smallest absolute Gasteiger partial charge is 0.234 e. The maximum atomic E-state index is 11.9. The van der Waals surface area contributed by atoms with Gasteiger partial charge in [0.05, 0.1) is 6.54 Å². The van der Waals surface area contributed by atoms with Crippen LogP contribution < -0.4 is 16.0 Å². The SMILES string of the molecule is CCCNC(=O)CN1CCC(NC(=NC)NC2CC2C2CCCCC2)CC1.I. The molecule has 162 valence electrons. The number of piperidine rings is 1. The summed E-state index contributed by atoms with van der Waals surface area (Å²) in [5.74, 6) is 2.93. The Balaban J connectivity index is 0.00000280. The molecule has 1 saturated heterocycles. The van der Waals surface area contributed by atoms with Crippen LogP contribution in [0.5, 0.6) is 0 Å². The van der Waals surface area contributed by atoms with Gasteiger partial charge in [0, 0.05) is 38.8 Å². The molecule has 0 radical (unpaired) electrons. The molecule has 2 aliphatic carbocycles. The van der Waals surface area contributed by atoms with Gasteiger partial charge >= 0.3 is 0 Å². The standard InChI is InChI=1S/C21H39N5O.HI/c1-3-11-23-20(27)15-26-12-9-17(10-13-26)24-21(22-2)25-19-14-18(19)16-7-5-4-6-8-16;/h16-19H,3-15H2,1-2H3,(H,23,27)(H2,22,24,25);1H. The van der Waals surface area contributed by atoms with Crippen molar-refractivity contribution in [3.8, 4) is 0 Å². The zero-order chi connectivity index (χ0) is 19.1. The van der Waals surface area contributed by atoms with E-state index in [0.717, 1.165) is 56.7 Å². The van der Waals surface area contributed by atoms with Crippen LogP contribution in [0.2, 0.25) is 0 Å². The van der Waals surface area contributed by atoms with Gasteiger partial charge in [0.2, 0.25) is 5.91 Å². The molecular formula is C21H40IN5O. The Hall–Kier alpha value is -0.570. The van der Waals surface area contributed by atoms with Gasteiger partial charge < -0.3 is 16.0 Å². The summed E-state index contributed by atoms with van der Waals surface area (Å²) in [6, 6.07) is 1.08. The fourth-order valence-corrected chi connectivity index (χ4v) is 4.76. The molecule has 2 saturated carbocycles. The Kier molecular flexibility index (Phi) is 10.3. The van der Waals surface area contributed by atoms with Crippen LogP contribution >= 0.6 is 24.0 Å². The first-order chi connectivity index (χ1) is 13.2. The van der Waals surface area contributed by atoms with E-state index in [4.69, 9.17) is 0 Å². The van der Waals surface area contributed by atoms with Gasteiger partial charge in [0.1, 0.15) is 0 Å².